The van der Waals surface area contributed by atoms with Crippen LogP contribution in [0, 0.1) is 23.2 Å². The Kier molecular flexibility index (Phi) is 4.26. The largest absolute Gasteiger partial charge is 0.485 e. The molecule has 7 rings (SSSR count). The predicted octanol–water partition coefficient (Wildman–Crippen LogP) is 2.71. The SMILES string of the molecule is O=C(C1COc2ccccc2O1)N1CCN(C(=O)C23CC4CC(CC(C4)C2)C3)CC1. The lowest BCUT2D eigenvalue weighted by Crippen LogP contribution is -2.60. The summed E-state index contributed by atoms with van der Waals surface area (Å²) in [6, 6.07) is 7.45. The minimum Gasteiger partial charge on any atom is -0.485 e. The number of piperazine rings is 1. The van der Waals surface area contributed by atoms with Gasteiger partial charge in [-0.2, -0.15) is 0 Å². The van der Waals surface area contributed by atoms with Crippen molar-refractivity contribution in [1.29, 1.82) is 0 Å². The molecule has 4 bridgehead atoms. The Morgan fingerprint density at radius 1 is 0.833 bits per heavy atom. The molecule has 0 spiro atoms. The Hall–Kier alpha value is -2.24. The number of carbonyl (C=O) groups is 2. The van der Waals surface area contributed by atoms with E-state index in [4.69, 9.17) is 9.47 Å². The molecule has 6 aliphatic rings. The van der Waals surface area contributed by atoms with E-state index in [2.05, 4.69) is 0 Å². The summed E-state index contributed by atoms with van der Waals surface area (Å²) >= 11 is 0. The van der Waals surface area contributed by atoms with Crippen molar-refractivity contribution in [2.24, 2.45) is 23.2 Å². The van der Waals surface area contributed by atoms with Crippen LogP contribution in [0.5, 0.6) is 11.5 Å². The topological polar surface area (TPSA) is 59.1 Å². The Bertz CT molecular complexity index is 825. The van der Waals surface area contributed by atoms with Gasteiger partial charge in [0.1, 0.15) is 6.61 Å². The Morgan fingerprint density at radius 2 is 1.40 bits per heavy atom. The molecule has 0 N–H and O–H groups in total. The van der Waals surface area contributed by atoms with Crippen molar-refractivity contribution in [3.63, 3.8) is 0 Å². The van der Waals surface area contributed by atoms with Crippen molar-refractivity contribution in [3.8, 4) is 11.5 Å². The summed E-state index contributed by atoms with van der Waals surface area (Å²) in [6.07, 6.45) is 6.74. The first kappa shape index (κ1) is 18.5. The summed E-state index contributed by atoms with van der Waals surface area (Å²) in [5.74, 6) is 3.97. The fourth-order valence-electron chi connectivity index (χ4n) is 7.18. The van der Waals surface area contributed by atoms with Gasteiger partial charge in [0.25, 0.3) is 5.91 Å². The lowest BCUT2D eigenvalue weighted by atomic mass is 9.49. The molecule has 4 aliphatic carbocycles. The van der Waals surface area contributed by atoms with Crippen molar-refractivity contribution in [2.45, 2.75) is 44.6 Å². The third-order valence-corrected chi connectivity index (χ3v) is 8.15. The van der Waals surface area contributed by atoms with Gasteiger partial charge in [-0.3, -0.25) is 9.59 Å². The molecular formula is C24H30N2O4. The Labute approximate surface area is 177 Å². The normalized spacial score (nSPS) is 36.7. The van der Waals surface area contributed by atoms with Gasteiger partial charge in [0, 0.05) is 26.2 Å². The Balaban J connectivity index is 1.08. The zero-order chi connectivity index (χ0) is 20.3. The third-order valence-electron chi connectivity index (χ3n) is 8.15. The zero-order valence-corrected chi connectivity index (χ0v) is 17.4. The lowest BCUT2D eigenvalue weighted by Gasteiger charge is -2.57. The number of amides is 2. The van der Waals surface area contributed by atoms with Crippen LogP contribution in [-0.2, 0) is 9.59 Å². The molecule has 6 heteroatoms. The Morgan fingerprint density at radius 3 is 2.03 bits per heavy atom. The van der Waals surface area contributed by atoms with Crippen LogP contribution in [-0.4, -0.2) is 60.5 Å². The highest BCUT2D eigenvalue weighted by atomic mass is 16.6. The molecule has 30 heavy (non-hydrogen) atoms. The lowest BCUT2D eigenvalue weighted by molar-refractivity contribution is -0.161. The summed E-state index contributed by atoms with van der Waals surface area (Å²) in [4.78, 5) is 30.4. The van der Waals surface area contributed by atoms with Crippen LogP contribution >= 0.6 is 0 Å². The van der Waals surface area contributed by atoms with Crippen LogP contribution in [0.1, 0.15) is 38.5 Å². The molecule has 1 saturated heterocycles. The molecule has 1 aromatic carbocycles. The number of carbonyl (C=O) groups excluding carboxylic acids is 2. The van der Waals surface area contributed by atoms with E-state index < -0.39 is 6.10 Å². The molecule has 1 aromatic rings. The van der Waals surface area contributed by atoms with E-state index in [1.807, 2.05) is 34.1 Å². The zero-order valence-electron chi connectivity index (χ0n) is 17.4. The van der Waals surface area contributed by atoms with E-state index in [0.717, 1.165) is 37.0 Å². The highest BCUT2D eigenvalue weighted by Crippen LogP contribution is 2.60. The average Bonchev–Trinajstić information content (AvgIpc) is 2.77. The van der Waals surface area contributed by atoms with Gasteiger partial charge in [0.15, 0.2) is 11.5 Å². The third kappa shape index (κ3) is 2.98. The van der Waals surface area contributed by atoms with Gasteiger partial charge >= 0.3 is 0 Å². The van der Waals surface area contributed by atoms with E-state index in [1.54, 1.807) is 0 Å². The molecule has 0 aromatic heterocycles. The molecule has 0 radical (unpaired) electrons. The smallest absolute Gasteiger partial charge is 0.267 e. The fourth-order valence-corrected chi connectivity index (χ4v) is 7.18. The van der Waals surface area contributed by atoms with Gasteiger partial charge < -0.3 is 19.3 Å². The van der Waals surface area contributed by atoms with Gasteiger partial charge in [0.05, 0.1) is 5.41 Å². The summed E-state index contributed by atoms with van der Waals surface area (Å²) in [6.45, 7) is 2.67. The quantitative estimate of drug-likeness (QED) is 0.752. The first-order chi connectivity index (χ1) is 14.6. The van der Waals surface area contributed by atoms with Crippen LogP contribution in [0.4, 0.5) is 0 Å². The van der Waals surface area contributed by atoms with Gasteiger partial charge in [-0.15, -0.1) is 0 Å². The number of hydrogen-bond acceptors (Lipinski definition) is 4. The van der Waals surface area contributed by atoms with Crippen molar-refractivity contribution >= 4 is 11.8 Å². The number of hydrogen-bond donors (Lipinski definition) is 0. The summed E-state index contributed by atoms with van der Waals surface area (Å²) < 4.78 is 11.6. The maximum atomic E-state index is 13.5. The molecule has 1 atom stereocenters. The van der Waals surface area contributed by atoms with Crippen molar-refractivity contribution < 1.29 is 19.1 Å². The number of benzene rings is 1. The maximum Gasteiger partial charge on any atom is 0.267 e. The molecule has 1 unspecified atom stereocenters. The first-order valence-corrected chi connectivity index (χ1v) is 11.6. The number of para-hydroxylation sites is 2. The van der Waals surface area contributed by atoms with Crippen molar-refractivity contribution in [1.82, 2.24) is 9.80 Å². The first-order valence-electron chi connectivity index (χ1n) is 11.6. The molecular weight excluding hydrogens is 380 g/mol. The van der Waals surface area contributed by atoms with E-state index in [9.17, 15) is 9.59 Å². The number of ether oxygens (including phenoxy) is 2. The second-order valence-electron chi connectivity index (χ2n) is 10.2. The minimum atomic E-state index is -0.606. The number of nitrogens with zero attached hydrogens (tertiary/aromatic N) is 2. The molecule has 5 fully saturated rings. The van der Waals surface area contributed by atoms with E-state index in [1.165, 1.54) is 19.3 Å². The second-order valence-corrected chi connectivity index (χ2v) is 10.2. The van der Waals surface area contributed by atoms with Crippen LogP contribution in [0.15, 0.2) is 24.3 Å². The average molecular weight is 411 g/mol. The number of rotatable bonds is 2. The molecule has 160 valence electrons. The predicted molar refractivity (Wildman–Crippen MR) is 110 cm³/mol. The van der Waals surface area contributed by atoms with E-state index >= 15 is 0 Å². The molecule has 4 saturated carbocycles. The minimum absolute atomic E-state index is 0.0357. The van der Waals surface area contributed by atoms with Crippen molar-refractivity contribution in [3.05, 3.63) is 24.3 Å². The molecule has 6 nitrogen and oxygen atoms in total. The molecule has 2 amide bonds. The van der Waals surface area contributed by atoms with Gasteiger partial charge in [-0.25, -0.2) is 0 Å². The van der Waals surface area contributed by atoms with Gasteiger partial charge in [-0.05, 0) is 68.4 Å². The highest BCUT2D eigenvalue weighted by Gasteiger charge is 2.55. The second kappa shape index (κ2) is 6.89. The van der Waals surface area contributed by atoms with E-state index in [0.29, 0.717) is 43.6 Å². The molecule has 2 aliphatic heterocycles. The van der Waals surface area contributed by atoms with Gasteiger partial charge in [-0.1, -0.05) is 12.1 Å². The standard InChI is InChI=1S/C24H30N2O4/c27-22(21-15-29-19-3-1-2-4-20(19)30-21)25-5-7-26(8-6-25)23(28)24-12-16-9-17(13-24)11-18(10-16)14-24/h1-4,16-18,21H,5-15H2. The summed E-state index contributed by atoms with van der Waals surface area (Å²) in [7, 11) is 0. The molecule has 2 heterocycles. The summed E-state index contributed by atoms with van der Waals surface area (Å²) in [5.41, 5.74) is -0.0923. The number of fused-ring (bicyclic) bond motifs is 1. The maximum absolute atomic E-state index is 13.5. The highest BCUT2D eigenvalue weighted by molar-refractivity contribution is 5.85. The van der Waals surface area contributed by atoms with Crippen LogP contribution < -0.4 is 9.47 Å². The summed E-state index contributed by atoms with van der Waals surface area (Å²) in [5, 5.41) is 0. The van der Waals surface area contributed by atoms with E-state index in [-0.39, 0.29) is 17.9 Å². The van der Waals surface area contributed by atoms with Crippen LogP contribution in [0.25, 0.3) is 0 Å². The van der Waals surface area contributed by atoms with Crippen LogP contribution in [0.2, 0.25) is 0 Å². The van der Waals surface area contributed by atoms with Crippen molar-refractivity contribution in [2.75, 3.05) is 32.8 Å². The monoisotopic (exact) mass is 410 g/mol. The van der Waals surface area contributed by atoms with Crippen LogP contribution in [0.3, 0.4) is 0 Å². The fraction of sp³-hybridized carbons (Fsp3) is 0.667. The van der Waals surface area contributed by atoms with Gasteiger partial charge in [0.2, 0.25) is 12.0 Å².